The second-order valence-corrected chi connectivity index (χ2v) is 3.74. The van der Waals surface area contributed by atoms with Gasteiger partial charge in [0.1, 0.15) is 6.04 Å². The van der Waals surface area contributed by atoms with Crippen LogP contribution in [0, 0.1) is 5.82 Å². The molecule has 1 aliphatic rings. The number of anilines is 1. The van der Waals surface area contributed by atoms with E-state index >= 15 is 0 Å². The van der Waals surface area contributed by atoms with Gasteiger partial charge < -0.3 is 10.0 Å². The van der Waals surface area contributed by atoms with Gasteiger partial charge in [0.2, 0.25) is 5.95 Å². The third kappa shape index (κ3) is 2.10. The molecule has 1 N–H and O–H groups in total. The highest BCUT2D eigenvalue weighted by Crippen LogP contribution is 2.21. The van der Waals surface area contributed by atoms with Gasteiger partial charge in [0, 0.05) is 6.54 Å². The first-order valence-corrected chi connectivity index (χ1v) is 5.15. The van der Waals surface area contributed by atoms with Crippen LogP contribution in [0.5, 0.6) is 0 Å². The minimum absolute atomic E-state index is 0.286. The molecule has 2 rings (SSSR count). The Labute approximate surface area is 91.9 Å². The fraction of sp³-hybridized carbons (Fsp3) is 0.500. The number of nitrogens with zero attached hydrogens (tertiary/aromatic N) is 3. The molecule has 1 aromatic rings. The van der Waals surface area contributed by atoms with Gasteiger partial charge in [-0.25, -0.2) is 19.2 Å². The fourth-order valence-corrected chi connectivity index (χ4v) is 1.88. The third-order valence-electron chi connectivity index (χ3n) is 2.65. The third-order valence-corrected chi connectivity index (χ3v) is 2.65. The van der Waals surface area contributed by atoms with E-state index in [0.29, 0.717) is 13.0 Å². The summed E-state index contributed by atoms with van der Waals surface area (Å²) in [4.78, 5) is 20.3. The summed E-state index contributed by atoms with van der Waals surface area (Å²) < 4.78 is 12.6. The van der Waals surface area contributed by atoms with Crippen LogP contribution in [-0.4, -0.2) is 33.6 Å². The molecule has 1 aliphatic heterocycles. The maximum atomic E-state index is 12.6. The Bertz CT molecular complexity index is 382. The average molecular weight is 225 g/mol. The quantitative estimate of drug-likeness (QED) is 0.815. The number of piperidine rings is 1. The molecule has 0 bridgehead atoms. The molecule has 0 amide bonds. The Hall–Kier alpha value is -1.72. The van der Waals surface area contributed by atoms with Gasteiger partial charge in [-0.05, 0) is 19.3 Å². The van der Waals surface area contributed by atoms with Crippen molar-refractivity contribution in [2.75, 3.05) is 11.4 Å². The summed E-state index contributed by atoms with van der Waals surface area (Å²) in [5.74, 6) is -1.12. The Kier molecular flexibility index (Phi) is 2.98. The zero-order chi connectivity index (χ0) is 11.5. The van der Waals surface area contributed by atoms with Crippen molar-refractivity contribution in [3.05, 3.63) is 18.2 Å². The lowest BCUT2D eigenvalue weighted by atomic mass is 10.0. The van der Waals surface area contributed by atoms with E-state index in [1.54, 1.807) is 4.90 Å². The number of carboxylic acids is 1. The van der Waals surface area contributed by atoms with Crippen LogP contribution in [0.15, 0.2) is 12.4 Å². The minimum Gasteiger partial charge on any atom is -0.480 e. The average Bonchev–Trinajstić information content (AvgIpc) is 2.30. The van der Waals surface area contributed by atoms with Gasteiger partial charge in [-0.1, -0.05) is 0 Å². The van der Waals surface area contributed by atoms with E-state index in [4.69, 9.17) is 5.11 Å². The van der Waals surface area contributed by atoms with E-state index in [1.807, 2.05) is 0 Å². The van der Waals surface area contributed by atoms with E-state index in [0.717, 1.165) is 25.2 Å². The minimum atomic E-state index is -0.882. The van der Waals surface area contributed by atoms with Crippen molar-refractivity contribution in [1.29, 1.82) is 0 Å². The molecule has 0 aliphatic carbocycles. The van der Waals surface area contributed by atoms with Crippen molar-refractivity contribution in [2.24, 2.45) is 0 Å². The van der Waals surface area contributed by atoms with Crippen LogP contribution in [0.25, 0.3) is 0 Å². The maximum absolute atomic E-state index is 12.6. The molecule has 1 aromatic heterocycles. The van der Waals surface area contributed by atoms with Crippen molar-refractivity contribution < 1.29 is 14.3 Å². The van der Waals surface area contributed by atoms with Gasteiger partial charge in [0.25, 0.3) is 0 Å². The number of halogens is 1. The molecule has 0 saturated carbocycles. The largest absolute Gasteiger partial charge is 0.480 e. The molecule has 0 unspecified atom stereocenters. The number of hydrogen-bond donors (Lipinski definition) is 1. The van der Waals surface area contributed by atoms with E-state index in [2.05, 4.69) is 9.97 Å². The van der Waals surface area contributed by atoms with Crippen molar-refractivity contribution in [2.45, 2.75) is 25.3 Å². The maximum Gasteiger partial charge on any atom is 0.326 e. The van der Waals surface area contributed by atoms with Crippen LogP contribution >= 0.6 is 0 Å². The summed E-state index contributed by atoms with van der Waals surface area (Å²) in [5, 5.41) is 9.05. The van der Waals surface area contributed by atoms with Gasteiger partial charge in [-0.3, -0.25) is 0 Å². The van der Waals surface area contributed by atoms with Gasteiger partial charge >= 0.3 is 5.97 Å². The zero-order valence-corrected chi connectivity index (χ0v) is 8.64. The highest BCUT2D eigenvalue weighted by Gasteiger charge is 2.29. The normalized spacial score (nSPS) is 20.8. The second kappa shape index (κ2) is 4.42. The molecule has 16 heavy (non-hydrogen) atoms. The Morgan fingerprint density at radius 2 is 2.12 bits per heavy atom. The molecule has 1 atom stereocenters. The number of carboxylic acid groups (broad SMARTS) is 1. The number of carbonyl (C=O) groups is 1. The summed E-state index contributed by atoms with van der Waals surface area (Å²) in [5.41, 5.74) is 0. The molecule has 0 radical (unpaired) electrons. The molecule has 1 fully saturated rings. The molecular formula is C10H12FN3O2. The molecule has 2 heterocycles. The van der Waals surface area contributed by atoms with E-state index in [9.17, 15) is 9.18 Å². The zero-order valence-electron chi connectivity index (χ0n) is 8.64. The van der Waals surface area contributed by atoms with Crippen molar-refractivity contribution in [1.82, 2.24) is 9.97 Å². The molecule has 0 aromatic carbocycles. The summed E-state index contributed by atoms with van der Waals surface area (Å²) in [6.45, 7) is 0.600. The van der Waals surface area contributed by atoms with Crippen molar-refractivity contribution in [3.8, 4) is 0 Å². The van der Waals surface area contributed by atoms with Gasteiger partial charge in [-0.2, -0.15) is 0 Å². The van der Waals surface area contributed by atoms with Crippen molar-refractivity contribution >= 4 is 11.9 Å². The predicted octanol–water partition coefficient (Wildman–Crippen LogP) is 1.06. The highest BCUT2D eigenvalue weighted by molar-refractivity contribution is 5.77. The summed E-state index contributed by atoms with van der Waals surface area (Å²) >= 11 is 0. The molecule has 0 spiro atoms. The summed E-state index contributed by atoms with van der Waals surface area (Å²) in [7, 11) is 0. The molecule has 5 nitrogen and oxygen atoms in total. The lowest BCUT2D eigenvalue weighted by molar-refractivity contribution is -0.139. The summed E-state index contributed by atoms with van der Waals surface area (Å²) in [6, 6.07) is -0.598. The number of aromatic nitrogens is 2. The first-order chi connectivity index (χ1) is 7.68. The topological polar surface area (TPSA) is 66.3 Å². The predicted molar refractivity (Wildman–Crippen MR) is 54.6 cm³/mol. The standard InChI is InChI=1S/C10H12FN3O2/c11-7-5-12-10(13-6-7)14-4-2-1-3-8(14)9(15)16/h5-6,8H,1-4H2,(H,15,16)/t8-/m1/s1. The lowest BCUT2D eigenvalue weighted by Crippen LogP contribution is -2.45. The van der Waals surface area contributed by atoms with Crippen LogP contribution in [-0.2, 0) is 4.79 Å². The summed E-state index contributed by atoms with van der Waals surface area (Å²) in [6.07, 6.45) is 4.47. The SMILES string of the molecule is O=C(O)[C@H]1CCCCN1c1ncc(F)cn1. The first-order valence-electron chi connectivity index (χ1n) is 5.15. The molecule has 86 valence electrons. The van der Waals surface area contributed by atoms with Gasteiger partial charge in [-0.15, -0.1) is 0 Å². The van der Waals surface area contributed by atoms with Gasteiger partial charge in [0.05, 0.1) is 12.4 Å². The number of rotatable bonds is 2. The molecule has 6 heteroatoms. The smallest absolute Gasteiger partial charge is 0.326 e. The lowest BCUT2D eigenvalue weighted by Gasteiger charge is -2.32. The van der Waals surface area contributed by atoms with Crippen LogP contribution < -0.4 is 4.90 Å². The van der Waals surface area contributed by atoms with Crippen molar-refractivity contribution in [3.63, 3.8) is 0 Å². The Morgan fingerprint density at radius 1 is 1.44 bits per heavy atom. The fourth-order valence-electron chi connectivity index (χ4n) is 1.88. The van der Waals surface area contributed by atoms with E-state index < -0.39 is 17.8 Å². The highest BCUT2D eigenvalue weighted by atomic mass is 19.1. The Morgan fingerprint density at radius 3 is 2.75 bits per heavy atom. The second-order valence-electron chi connectivity index (χ2n) is 3.74. The van der Waals surface area contributed by atoms with Crippen LogP contribution in [0.3, 0.4) is 0 Å². The molecule has 1 saturated heterocycles. The Balaban J connectivity index is 2.23. The van der Waals surface area contributed by atoms with E-state index in [-0.39, 0.29) is 5.95 Å². The van der Waals surface area contributed by atoms with Crippen LogP contribution in [0.1, 0.15) is 19.3 Å². The van der Waals surface area contributed by atoms with Crippen LogP contribution in [0.2, 0.25) is 0 Å². The number of aliphatic carboxylic acids is 1. The molecular weight excluding hydrogens is 213 g/mol. The number of hydrogen-bond acceptors (Lipinski definition) is 4. The monoisotopic (exact) mass is 225 g/mol. The van der Waals surface area contributed by atoms with Gasteiger partial charge in [0.15, 0.2) is 5.82 Å². The van der Waals surface area contributed by atoms with E-state index in [1.165, 1.54) is 0 Å². The first kappa shape index (κ1) is 10.8. The van der Waals surface area contributed by atoms with Crippen LogP contribution in [0.4, 0.5) is 10.3 Å².